The molecule has 0 radical (unpaired) electrons. The molecule has 0 saturated heterocycles. The number of aliphatic hydroxyl groups is 1. The highest BCUT2D eigenvalue weighted by Crippen LogP contribution is 2.11. The Labute approximate surface area is 106 Å². The average molecular weight is 248 g/mol. The van der Waals surface area contributed by atoms with Crippen LogP contribution in [0.4, 0.5) is 4.39 Å². The Morgan fingerprint density at radius 1 is 1.06 bits per heavy atom. The van der Waals surface area contributed by atoms with Crippen LogP contribution in [0.1, 0.15) is 65.2 Å². The monoisotopic (exact) mass is 248 g/mol. The summed E-state index contributed by atoms with van der Waals surface area (Å²) in [5.41, 5.74) is 0. The van der Waals surface area contributed by atoms with Gasteiger partial charge in [-0.05, 0) is 25.7 Å². The Balaban J connectivity index is 3.41. The van der Waals surface area contributed by atoms with Crippen molar-refractivity contribution in [2.45, 2.75) is 77.4 Å². The molecule has 1 N–H and O–H groups in total. The molecule has 17 heavy (non-hydrogen) atoms. The zero-order valence-corrected chi connectivity index (χ0v) is 11.5. The van der Waals surface area contributed by atoms with Gasteiger partial charge in [0, 0.05) is 6.61 Å². The second-order valence-corrected chi connectivity index (χ2v) is 4.70. The van der Waals surface area contributed by atoms with Crippen LogP contribution in [0.2, 0.25) is 0 Å². The lowest BCUT2D eigenvalue weighted by Crippen LogP contribution is -2.16. The molecular weight excluding hydrogens is 219 g/mol. The molecule has 0 amide bonds. The van der Waals surface area contributed by atoms with Gasteiger partial charge in [-0.1, -0.05) is 39.5 Å². The molecular formula is C14H29FO2. The number of aliphatic hydroxyl groups excluding tert-OH is 1. The normalized spacial score (nSPS) is 14.8. The maximum Gasteiger partial charge on any atom is 0.116 e. The molecule has 0 aliphatic carbocycles. The summed E-state index contributed by atoms with van der Waals surface area (Å²) in [6.45, 7) is 4.42. The average Bonchev–Trinajstić information content (AvgIpc) is 2.36. The number of alkyl halides is 1. The summed E-state index contributed by atoms with van der Waals surface area (Å²) in [5.74, 6) is 0. The lowest BCUT2D eigenvalue weighted by atomic mass is 10.1. The van der Waals surface area contributed by atoms with E-state index in [9.17, 15) is 9.50 Å². The molecule has 2 atom stereocenters. The summed E-state index contributed by atoms with van der Waals surface area (Å²) in [4.78, 5) is 0. The van der Waals surface area contributed by atoms with Gasteiger partial charge in [-0.25, -0.2) is 4.39 Å². The first-order chi connectivity index (χ1) is 8.24. The van der Waals surface area contributed by atoms with Gasteiger partial charge in [-0.15, -0.1) is 0 Å². The van der Waals surface area contributed by atoms with E-state index in [4.69, 9.17) is 4.74 Å². The summed E-state index contributed by atoms with van der Waals surface area (Å²) < 4.78 is 18.1. The fraction of sp³-hybridized carbons (Fsp3) is 1.00. The fourth-order valence-electron chi connectivity index (χ4n) is 1.76. The molecule has 0 heterocycles. The van der Waals surface area contributed by atoms with Crippen LogP contribution in [-0.4, -0.2) is 30.6 Å². The molecule has 0 fully saturated rings. The van der Waals surface area contributed by atoms with Crippen molar-refractivity contribution < 1.29 is 14.2 Å². The van der Waals surface area contributed by atoms with E-state index in [2.05, 4.69) is 6.92 Å². The maximum atomic E-state index is 12.6. The van der Waals surface area contributed by atoms with Crippen molar-refractivity contribution >= 4 is 0 Å². The molecule has 0 saturated carbocycles. The zero-order valence-electron chi connectivity index (χ0n) is 11.5. The zero-order chi connectivity index (χ0) is 12.9. The van der Waals surface area contributed by atoms with Gasteiger partial charge in [0.2, 0.25) is 0 Å². The standard InChI is InChI=1S/C14H29FO2/c1-3-5-8-11-17-14(12-15)10-7-6-9-13(16)4-2/h13-14,16H,3-12H2,1-2H3. The van der Waals surface area contributed by atoms with Crippen molar-refractivity contribution in [1.29, 1.82) is 0 Å². The summed E-state index contributed by atoms with van der Waals surface area (Å²) in [6.07, 6.45) is 7.24. The Morgan fingerprint density at radius 3 is 2.35 bits per heavy atom. The van der Waals surface area contributed by atoms with Crippen molar-refractivity contribution in [2.75, 3.05) is 13.3 Å². The first-order valence-corrected chi connectivity index (χ1v) is 7.10. The van der Waals surface area contributed by atoms with Crippen LogP contribution in [0, 0.1) is 0 Å². The van der Waals surface area contributed by atoms with Crippen molar-refractivity contribution in [3.05, 3.63) is 0 Å². The van der Waals surface area contributed by atoms with Crippen LogP contribution in [0.25, 0.3) is 0 Å². The van der Waals surface area contributed by atoms with E-state index in [1.54, 1.807) is 0 Å². The van der Waals surface area contributed by atoms with E-state index >= 15 is 0 Å². The van der Waals surface area contributed by atoms with Gasteiger partial charge in [0.1, 0.15) is 6.67 Å². The minimum atomic E-state index is -0.386. The third-order valence-corrected chi connectivity index (χ3v) is 3.06. The van der Waals surface area contributed by atoms with E-state index in [0.717, 1.165) is 44.9 Å². The van der Waals surface area contributed by atoms with Crippen molar-refractivity contribution in [3.63, 3.8) is 0 Å². The second-order valence-electron chi connectivity index (χ2n) is 4.70. The van der Waals surface area contributed by atoms with E-state index in [-0.39, 0.29) is 18.9 Å². The Bertz CT molecular complexity index is 153. The van der Waals surface area contributed by atoms with Crippen LogP contribution in [-0.2, 0) is 4.74 Å². The van der Waals surface area contributed by atoms with Gasteiger partial charge in [0.05, 0.1) is 12.2 Å². The molecule has 2 nitrogen and oxygen atoms in total. The van der Waals surface area contributed by atoms with Gasteiger partial charge in [-0.3, -0.25) is 0 Å². The molecule has 2 unspecified atom stereocenters. The first kappa shape index (κ1) is 16.9. The van der Waals surface area contributed by atoms with Crippen LogP contribution in [0.15, 0.2) is 0 Å². The number of hydrogen-bond acceptors (Lipinski definition) is 2. The SMILES string of the molecule is CCCCCOC(CF)CCCCC(O)CC. The number of halogens is 1. The molecule has 104 valence electrons. The Kier molecular flexibility index (Phi) is 12.2. The highest BCUT2D eigenvalue weighted by atomic mass is 19.1. The van der Waals surface area contributed by atoms with Gasteiger partial charge in [-0.2, -0.15) is 0 Å². The Hall–Kier alpha value is -0.150. The maximum absolute atomic E-state index is 12.6. The van der Waals surface area contributed by atoms with Crippen LogP contribution in [0.5, 0.6) is 0 Å². The summed E-state index contributed by atoms with van der Waals surface area (Å²) in [7, 11) is 0. The highest BCUT2D eigenvalue weighted by molar-refractivity contribution is 4.59. The number of hydrogen-bond donors (Lipinski definition) is 1. The first-order valence-electron chi connectivity index (χ1n) is 7.10. The van der Waals surface area contributed by atoms with E-state index in [1.165, 1.54) is 6.42 Å². The van der Waals surface area contributed by atoms with E-state index in [1.807, 2.05) is 6.92 Å². The molecule has 3 heteroatoms. The Morgan fingerprint density at radius 2 is 1.76 bits per heavy atom. The third kappa shape index (κ3) is 10.7. The van der Waals surface area contributed by atoms with Crippen LogP contribution in [0.3, 0.4) is 0 Å². The van der Waals surface area contributed by atoms with E-state index in [0.29, 0.717) is 6.61 Å². The predicted octanol–water partition coefficient (Wildman–Crippen LogP) is 3.86. The number of rotatable bonds is 12. The lowest BCUT2D eigenvalue weighted by molar-refractivity contribution is 0.0261. The van der Waals surface area contributed by atoms with Crippen LogP contribution >= 0.6 is 0 Å². The van der Waals surface area contributed by atoms with Gasteiger partial charge in [0.25, 0.3) is 0 Å². The van der Waals surface area contributed by atoms with Crippen LogP contribution < -0.4 is 0 Å². The number of unbranched alkanes of at least 4 members (excludes halogenated alkanes) is 3. The molecule has 0 aromatic heterocycles. The van der Waals surface area contributed by atoms with Gasteiger partial charge < -0.3 is 9.84 Å². The molecule has 0 bridgehead atoms. The van der Waals surface area contributed by atoms with Crippen molar-refractivity contribution in [2.24, 2.45) is 0 Å². The minimum Gasteiger partial charge on any atom is -0.393 e. The van der Waals surface area contributed by atoms with Gasteiger partial charge >= 0.3 is 0 Å². The largest absolute Gasteiger partial charge is 0.393 e. The van der Waals surface area contributed by atoms with Crippen molar-refractivity contribution in [1.82, 2.24) is 0 Å². The smallest absolute Gasteiger partial charge is 0.116 e. The number of ether oxygens (including phenoxy) is 1. The van der Waals surface area contributed by atoms with Crippen molar-refractivity contribution in [3.8, 4) is 0 Å². The molecule has 0 aromatic rings. The van der Waals surface area contributed by atoms with Gasteiger partial charge in [0.15, 0.2) is 0 Å². The summed E-state index contributed by atoms with van der Waals surface area (Å²) in [5, 5.41) is 9.38. The molecule has 0 rings (SSSR count). The second kappa shape index (κ2) is 12.3. The summed E-state index contributed by atoms with van der Waals surface area (Å²) >= 11 is 0. The molecule has 0 spiro atoms. The quantitative estimate of drug-likeness (QED) is 0.531. The third-order valence-electron chi connectivity index (χ3n) is 3.06. The highest BCUT2D eigenvalue weighted by Gasteiger charge is 2.08. The molecule has 0 aliphatic heterocycles. The minimum absolute atomic E-state index is 0.190. The lowest BCUT2D eigenvalue weighted by Gasteiger charge is -2.14. The van der Waals surface area contributed by atoms with E-state index < -0.39 is 0 Å². The molecule has 0 aromatic carbocycles. The predicted molar refractivity (Wildman–Crippen MR) is 70.0 cm³/mol. The topological polar surface area (TPSA) is 29.5 Å². The molecule has 0 aliphatic rings. The fourth-order valence-corrected chi connectivity index (χ4v) is 1.76. The summed E-state index contributed by atoms with van der Waals surface area (Å²) in [6, 6.07) is 0.